The minimum absolute atomic E-state index is 0.165. The van der Waals surface area contributed by atoms with Gasteiger partial charge in [0.2, 0.25) is 5.91 Å². The molecule has 0 saturated heterocycles. The van der Waals surface area contributed by atoms with E-state index in [0.717, 1.165) is 32.1 Å². The quantitative estimate of drug-likeness (QED) is 0.311. The lowest BCUT2D eigenvalue weighted by Crippen LogP contribution is -2.42. The zero-order chi connectivity index (χ0) is 21.5. The molecule has 0 bridgehead atoms. The van der Waals surface area contributed by atoms with Crippen LogP contribution in [0.25, 0.3) is 0 Å². The standard InChI is InChI=1S/C22H21BrN4O2S/c1-14-11-15(2)25-22(24-14)30-13-16-7-9-17(10-8-16)21(29)27-26-20(28)12-18-5-3-4-6-19(18)23/h3-11H,12-13H2,1-2H3,(H,26,28)(H,27,29). The predicted molar refractivity (Wildman–Crippen MR) is 121 cm³/mol. The molecule has 2 aromatic carbocycles. The highest BCUT2D eigenvalue weighted by Crippen LogP contribution is 2.20. The van der Waals surface area contributed by atoms with Crippen molar-refractivity contribution in [3.63, 3.8) is 0 Å². The van der Waals surface area contributed by atoms with Crippen LogP contribution in [0.3, 0.4) is 0 Å². The summed E-state index contributed by atoms with van der Waals surface area (Å²) in [7, 11) is 0. The molecule has 0 fully saturated rings. The van der Waals surface area contributed by atoms with Crippen LogP contribution in [0.2, 0.25) is 0 Å². The number of nitrogens with zero attached hydrogens (tertiary/aromatic N) is 2. The van der Waals surface area contributed by atoms with Gasteiger partial charge < -0.3 is 0 Å². The van der Waals surface area contributed by atoms with Crippen molar-refractivity contribution < 1.29 is 9.59 Å². The summed E-state index contributed by atoms with van der Waals surface area (Å²) in [5, 5.41) is 0.738. The van der Waals surface area contributed by atoms with E-state index in [1.165, 1.54) is 0 Å². The topological polar surface area (TPSA) is 84.0 Å². The van der Waals surface area contributed by atoms with E-state index in [2.05, 4.69) is 36.7 Å². The molecule has 0 aliphatic carbocycles. The summed E-state index contributed by atoms with van der Waals surface area (Å²) in [6.07, 6.45) is 0.165. The summed E-state index contributed by atoms with van der Waals surface area (Å²) in [4.78, 5) is 33.2. The second-order valence-electron chi connectivity index (χ2n) is 6.69. The van der Waals surface area contributed by atoms with Gasteiger partial charge in [0.25, 0.3) is 5.91 Å². The van der Waals surface area contributed by atoms with Crippen molar-refractivity contribution >= 4 is 39.5 Å². The van der Waals surface area contributed by atoms with Gasteiger partial charge in [-0.2, -0.15) is 0 Å². The number of carbonyl (C=O) groups is 2. The Labute approximate surface area is 188 Å². The summed E-state index contributed by atoms with van der Waals surface area (Å²) >= 11 is 4.95. The molecular weight excluding hydrogens is 464 g/mol. The van der Waals surface area contributed by atoms with E-state index in [9.17, 15) is 9.59 Å². The lowest BCUT2D eigenvalue weighted by atomic mass is 10.1. The molecule has 6 nitrogen and oxygen atoms in total. The molecule has 1 heterocycles. The largest absolute Gasteiger partial charge is 0.273 e. The van der Waals surface area contributed by atoms with Gasteiger partial charge in [0, 0.05) is 27.2 Å². The van der Waals surface area contributed by atoms with Crippen molar-refractivity contribution in [2.45, 2.75) is 31.2 Å². The van der Waals surface area contributed by atoms with E-state index in [0.29, 0.717) is 11.3 Å². The number of hydrogen-bond acceptors (Lipinski definition) is 5. The van der Waals surface area contributed by atoms with Crippen LogP contribution in [0, 0.1) is 13.8 Å². The first kappa shape index (κ1) is 22.0. The number of hydrazine groups is 1. The lowest BCUT2D eigenvalue weighted by molar-refractivity contribution is -0.121. The molecule has 8 heteroatoms. The van der Waals surface area contributed by atoms with Crippen molar-refractivity contribution in [1.82, 2.24) is 20.8 Å². The number of aryl methyl sites for hydroxylation is 2. The summed E-state index contributed by atoms with van der Waals surface area (Å²) in [6, 6.07) is 16.6. The molecule has 154 valence electrons. The van der Waals surface area contributed by atoms with Crippen molar-refractivity contribution in [2.75, 3.05) is 0 Å². The summed E-state index contributed by atoms with van der Waals surface area (Å²) < 4.78 is 0.853. The number of halogens is 1. The fourth-order valence-corrected chi connectivity index (χ4v) is 4.05. The molecule has 0 spiro atoms. The van der Waals surface area contributed by atoms with Crippen molar-refractivity contribution in [1.29, 1.82) is 0 Å². The highest BCUT2D eigenvalue weighted by molar-refractivity contribution is 9.10. The van der Waals surface area contributed by atoms with E-state index >= 15 is 0 Å². The molecule has 2 N–H and O–H groups in total. The molecule has 0 radical (unpaired) electrons. The number of amides is 2. The Morgan fingerprint density at radius 2 is 1.63 bits per heavy atom. The first-order valence-electron chi connectivity index (χ1n) is 9.27. The van der Waals surface area contributed by atoms with E-state index in [1.54, 1.807) is 23.9 Å². The molecule has 0 saturated carbocycles. The van der Waals surface area contributed by atoms with Gasteiger partial charge in [0.15, 0.2) is 5.16 Å². The minimum atomic E-state index is -0.368. The van der Waals surface area contributed by atoms with Crippen LogP contribution in [0.5, 0.6) is 0 Å². The Balaban J connectivity index is 1.49. The molecule has 30 heavy (non-hydrogen) atoms. The number of carbonyl (C=O) groups excluding carboxylic acids is 2. The highest BCUT2D eigenvalue weighted by atomic mass is 79.9. The van der Waals surface area contributed by atoms with E-state index in [1.807, 2.05) is 56.3 Å². The van der Waals surface area contributed by atoms with Gasteiger partial charge in [0.1, 0.15) is 0 Å². The molecule has 0 atom stereocenters. The van der Waals surface area contributed by atoms with Gasteiger partial charge in [-0.1, -0.05) is 58.0 Å². The Hall–Kier alpha value is -2.71. The number of nitrogens with one attached hydrogen (secondary N) is 2. The maximum absolute atomic E-state index is 12.3. The normalized spacial score (nSPS) is 10.5. The van der Waals surface area contributed by atoms with Crippen molar-refractivity contribution in [2.24, 2.45) is 0 Å². The van der Waals surface area contributed by atoms with Gasteiger partial charge in [-0.05, 0) is 49.2 Å². The smallest absolute Gasteiger partial charge is 0.269 e. The fraction of sp³-hybridized carbons (Fsp3) is 0.182. The molecule has 0 unspecified atom stereocenters. The van der Waals surface area contributed by atoms with Crippen LogP contribution in [-0.2, 0) is 17.0 Å². The van der Waals surface area contributed by atoms with Crippen LogP contribution < -0.4 is 10.9 Å². The summed E-state index contributed by atoms with van der Waals surface area (Å²) in [5.41, 5.74) is 9.15. The molecule has 3 rings (SSSR count). The molecule has 3 aromatic rings. The predicted octanol–water partition coefficient (Wildman–Crippen LogP) is 4.15. The second-order valence-corrected chi connectivity index (χ2v) is 8.49. The monoisotopic (exact) mass is 484 g/mol. The Bertz CT molecular complexity index is 1040. The van der Waals surface area contributed by atoms with Crippen LogP contribution in [0.4, 0.5) is 0 Å². The number of benzene rings is 2. The number of aromatic nitrogens is 2. The van der Waals surface area contributed by atoms with Crippen LogP contribution in [0.15, 0.2) is 64.2 Å². The minimum Gasteiger partial charge on any atom is -0.273 e. The molecule has 0 aliphatic rings. The lowest BCUT2D eigenvalue weighted by Gasteiger charge is -2.09. The summed E-state index contributed by atoms with van der Waals surface area (Å²) in [6.45, 7) is 3.90. The number of hydrogen-bond donors (Lipinski definition) is 2. The number of thioether (sulfide) groups is 1. The van der Waals surface area contributed by atoms with E-state index in [-0.39, 0.29) is 18.2 Å². The molecule has 0 aliphatic heterocycles. The third-order valence-corrected chi connectivity index (χ3v) is 5.86. The fourth-order valence-electron chi connectivity index (χ4n) is 2.72. The zero-order valence-corrected chi connectivity index (χ0v) is 19.0. The van der Waals surface area contributed by atoms with E-state index < -0.39 is 0 Å². The first-order chi connectivity index (χ1) is 14.4. The van der Waals surface area contributed by atoms with Crippen molar-refractivity contribution in [3.8, 4) is 0 Å². The van der Waals surface area contributed by atoms with E-state index in [4.69, 9.17) is 0 Å². The summed E-state index contributed by atoms with van der Waals surface area (Å²) in [5.74, 6) is 0.0389. The van der Waals surface area contributed by atoms with Crippen LogP contribution in [-0.4, -0.2) is 21.8 Å². The SMILES string of the molecule is Cc1cc(C)nc(SCc2ccc(C(=O)NNC(=O)Cc3ccccc3Br)cc2)n1. The molecular formula is C22H21BrN4O2S. The average Bonchev–Trinajstić information content (AvgIpc) is 2.72. The highest BCUT2D eigenvalue weighted by Gasteiger charge is 2.10. The zero-order valence-electron chi connectivity index (χ0n) is 16.6. The molecule has 1 aromatic heterocycles. The van der Waals surface area contributed by atoms with Crippen molar-refractivity contribution in [3.05, 3.63) is 87.1 Å². The maximum atomic E-state index is 12.3. The van der Waals surface area contributed by atoms with Crippen LogP contribution in [0.1, 0.15) is 32.9 Å². The Kier molecular flexibility index (Phi) is 7.59. The third-order valence-electron chi connectivity index (χ3n) is 4.17. The number of rotatable bonds is 6. The first-order valence-corrected chi connectivity index (χ1v) is 11.0. The van der Waals surface area contributed by atoms with Gasteiger partial charge in [-0.3, -0.25) is 20.4 Å². The third kappa shape index (κ3) is 6.40. The van der Waals surface area contributed by atoms with Gasteiger partial charge in [0.05, 0.1) is 6.42 Å². The van der Waals surface area contributed by atoms with Crippen LogP contribution >= 0.6 is 27.7 Å². The van der Waals surface area contributed by atoms with Gasteiger partial charge in [-0.15, -0.1) is 0 Å². The van der Waals surface area contributed by atoms with Gasteiger partial charge >= 0.3 is 0 Å². The Morgan fingerprint density at radius 1 is 0.967 bits per heavy atom. The Morgan fingerprint density at radius 3 is 2.30 bits per heavy atom. The second kappa shape index (κ2) is 10.4. The van der Waals surface area contributed by atoms with Gasteiger partial charge in [-0.25, -0.2) is 9.97 Å². The molecule has 2 amide bonds. The maximum Gasteiger partial charge on any atom is 0.269 e. The average molecular weight is 485 g/mol.